The van der Waals surface area contributed by atoms with Crippen molar-refractivity contribution >= 4 is 24.0 Å². The zero-order valence-corrected chi connectivity index (χ0v) is 22.3. The summed E-state index contributed by atoms with van der Waals surface area (Å²) in [6, 6.07) is 4.84. The van der Waals surface area contributed by atoms with Crippen LogP contribution in [-0.2, 0) is 9.53 Å². The van der Waals surface area contributed by atoms with Crippen LogP contribution in [0.1, 0.15) is 71.1 Å². The molecule has 2 amide bonds. The van der Waals surface area contributed by atoms with E-state index in [1.807, 2.05) is 34.6 Å². The molecule has 1 heterocycles. The number of carbonyl (C=O) groups excluding carboxylic acids is 2. The Morgan fingerprint density at radius 2 is 2.03 bits per heavy atom. The minimum atomic E-state index is -0.419. The third-order valence-electron chi connectivity index (χ3n) is 5.64. The number of anilines is 1. The van der Waals surface area contributed by atoms with Gasteiger partial charge >= 0.3 is 6.09 Å². The van der Waals surface area contributed by atoms with Gasteiger partial charge < -0.3 is 30.0 Å². The highest BCUT2D eigenvalue weighted by atomic mass is 16.6. The van der Waals surface area contributed by atoms with E-state index in [1.54, 1.807) is 12.1 Å². The van der Waals surface area contributed by atoms with Crippen molar-refractivity contribution in [3.63, 3.8) is 0 Å². The minimum Gasteiger partial charge on any atom is -0.507 e. The molecule has 0 saturated heterocycles. The van der Waals surface area contributed by atoms with Crippen molar-refractivity contribution < 1.29 is 28.9 Å². The molecule has 11 nitrogen and oxygen atoms in total. The van der Waals surface area contributed by atoms with Crippen LogP contribution in [0.2, 0.25) is 0 Å². The van der Waals surface area contributed by atoms with Gasteiger partial charge in [0.25, 0.3) is 5.91 Å². The summed E-state index contributed by atoms with van der Waals surface area (Å²) in [5.41, 5.74) is 0.862. The number of alkyl carbamates (subject to hydrolysis) is 1. The van der Waals surface area contributed by atoms with Crippen molar-refractivity contribution in [2.45, 2.75) is 77.5 Å². The molecule has 0 aliphatic heterocycles. The Labute approximate surface area is 217 Å². The zero-order chi connectivity index (χ0) is 27.2. The fourth-order valence-electron chi connectivity index (χ4n) is 3.90. The van der Waals surface area contributed by atoms with Crippen molar-refractivity contribution in [1.82, 2.24) is 15.5 Å². The Morgan fingerprint density at radius 1 is 1.27 bits per heavy atom. The van der Waals surface area contributed by atoms with Crippen LogP contribution in [0.5, 0.6) is 17.2 Å². The third-order valence-corrected chi connectivity index (χ3v) is 5.64. The van der Waals surface area contributed by atoms with Gasteiger partial charge in [-0.05, 0) is 53.9 Å². The number of phenolic OH excluding ortho intramolecular Hbond substituents is 1. The van der Waals surface area contributed by atoms with Crippen LogP contribution in [0, 0.1) is 0 Å². The van der Waals surface area contributed by atoms with Crippen molar-refractivity contribution in [3.05, 3.63) is 29.5 Å². The molecule has 11 heteroatoms. The lowest BCUT2D eigenvalue weighted by atomic mass is 10.0. The largest absolute Gasteiger partial charge is 0.507 e. The number of nitrogens with zero attached hydrogens (tertiary/aromatic N) is 2. The number of carbonyl (C=O) groups is 2. The molecule has 1 aromatic heterocycles. The summed E-state index contributed by atoms with van der Waals surface area (Å²) in [4.78, 5) is 28.8. The Hall–Kier alpha value is -3.76. The lowest BCUT2D eigenvalue weighted by molar-refractivity contribution is -0.118. The monoisotopic (exact) mass is 515 g/mol. The molecule has 1 saturated carbocycles. The maximum absolute atomic E-state index is 12.6. The van der Waals surface area contributed by atoms with Crippen LogP contribution in [0.15, 0.2) is 23.2 Å². The number of ether oxygens (including phenoxy) is 3. The molecule has 202 valence electrons. The summed E-state index contributed by atoms with van der Waals surface area (Å²) in [6.07, 6.45) is 3.24. The topological polar surface area (TPSA) is 147 Å². The van der Waals surface area contributed by atoms with Gasteiger partial charge in [-0.3, -0.25) is 14.9 Å². The van der Waals surface area contributed by atoms with Gasteiger partial charge in [0.05, 0.1) is 18.2 Å². The summed E-state index contributed by atoms with van der Waals surface area (Å²) in [5.74, 6) is 0.681. The molecule has 0 unspecified atom stereocenters. The van der Waals surface area contributed by atoms with Gasteiger partial charge in [0.15, 0.2) is 12.4 Å². The summed E-state index contributed by atoms with van der Waals surface area (Å²) in [7, 11) is 1.47. The first-order chi connectivity index (χ1) is 17.4. The normalized spacial score (nSPS) is 17.7. The van der Waals surface area contributed by atoms with Gasteiger partial charge in [0.2, 0.25) is 0 Å². The van der Waals surface area contributed by atoms with Gasteiger partial charge in [-0.15, -0.1) is 0 Å². The number of rotatable bonds is 9. The summed E-state index contributed by atoms with van der Waals surface area (Å²) in [5, 5.41) is 23.0. The summed E-state index contributed by atoms with van der Waals surface area (Å²) < 4.78 is 16.4. The Balaban J connectivity index is 1.57. The number of phenols is 1. The van der Waals surface area contributed by atoms with Crippen LogP contribution < -0.4 is 20.1 Å². The highest BCUT2D eigenvalue weighted by Crippen LogP contribution is 2.36. The van der Waals surface area contributed by atoms with Gasteiger partial charge in [-0.2, -0.15) is 5.10 Å². The average Bonchev–Trinajstić information content (AvgIpc) is 3.44. The second-order valence-electron chi connectivity index (χ2n) is 10.4. The number of H-pyrrole nitrogens is 1. The fourth-order valence-corrected chi connectivity index (χ4v) is 3.90. The second-order valence-corrected chi connectivity index (χ2v) is 10.4. The molecule has 1 fully saturated rings. The molecule has 37 heavy (non-hydrogen) atoms. The molecule has 0 spiro atoms. The van der Waals surface area contributed by atoms with Crippen LogP contribution in [0.4, 0.5) is 10.6 Å². The first-order valence-corrected chi connectivity index (χ1v) is 12.3. The van der Waals surface area contributed by atoms with E-state index in [0.717, 1.165) is 18.5 Å². The van der Waals surface area contributed by atoms with Gasteiger partial charge in [-0.25, -0.2) is 4.79 Å². The quantitative estimate of drug-likeness (QED) is 0.367. The Bertz CT molecular complexity index is 1120. The number of aromatic hydroxyl groups is 1. The zero-order valence-electron chi connectivity index (χ0n) is 22.3. The lowest BCUT2D eigenvalue weighted by Gasteiger charge is -2.15. The maximum atomic E-state index is 12.6. The molecule has 1 aliphatic carbocycles. The first kappa shape index (κ1) is 27.8. The molecule has 0 bridgehead atoms. The lowest BCUT2D eigenvalue weighted by Crippen LogP contribution is -2.33. The predicted molar refractivity (Wildman–Crippen MR) is 140 cm³/mol. The number of methoxy groups -OCH3 is 1. The highest BCUT2D eigenvalue weighted by molar-refractivity contribution is 5.92. The number of benzene rings is 1. The van der Waals surface area contributed by atoms with E-state index in [4.69, 9.17) is 14.2 Å². The van der Waals surface area contributed by atoms with Crippen LogP contribution in [-0.4, -0.2) is 64.9 Å². The number of nitrogens with one attached hydrogen (secondary N) is 3. The van der Waals surface area contributed by atoms with E-state index in [0.29, 0.717) is 23.6 Å². The predicted octanol–water partition coefficient (Wildman–Crippen LogP) is 4.13. The first-order valence-electron chi connectivity index (χ1n) is 12.3. The van der Waals surface area contributed by atoms with Gasteiger partial charge in [-0.1, -0.05) is 0 Å². The third kappa shape index (κ3) is 8.40. The van der Waals surface area contributed by atoms with Crippen molar-refractivity contribution in [3.8, 4) is 17.2 Å². The van der Waals surface area contributed by atoms with Crippen molar-refractivity contribution in [2.75, 3.05) is 19.0 Å². The highest BCUT2D eigenvalue weighted by Gasteiger charge is 2.30. The molecule has 4 N–H and O–H groups in total. The Kier molecular flexibility index (Phi) is 9.01. The van der Waals surface area contributed by atoms with E-state index in [1.165, 1.54) is 19.4 Å². The van der Waals surface area contributed by atoms with Gasteiger partial charge in [0, 0.05) is 42.1 Å². The standard InChI is InChI=1S/C26H37N5O6/c1-15(2)28-25(34)37-17-8-7-16(9-17)20-12-23(31-30-20)29-24(33)14-36-22-11-18(35-6)10-21(32)19(22)13-27-26(3,4)5/h10-13,15-17,32H,7-9,14H2,1-6H3,(H,28,34)(H2,29,30,31,33)/t16-,17+/m0/s1. The summed E-state index contributed by atoms with van der Waals surface area (Å²) in [6.45, 7) is 9.24. The maximum Gasteiger partial charge on any atom is 0.407 e. The molecule has 3 rings (SSSR count). The second kappa shape index (κ2) is 12.0. The number of aromatic nitrogens is 2. The summed E-state index contributed by atoms with van der Waals surface area (Å²) >= 11 is 0. The smallest absolute Gasteiger partial charge is 0.407 e. The van der Waals surface area contributed by atoms with E-state index in [9.17, 15) is 14.7 Å². The van der Waals surface area contributed by atoms with Gasteiger partial charge in [0.1, 0.15) is 23.4 Å². The fraction of sp³-hybridized carbons (Fsp3) is 0.538. The number of aliphatic imine (C=N–C) groups is 1. The molecule has 1 aromatic carbocycles. The molecule has 2 atom stereocenters. The number of hydrogen-bond donors (Lipinski definition) is 4. The van der Waals surface area contributed by atoms with Crippen molar-refractivity contribution in [1.29, 1.82) is 0 Å². The van der Waals surface area contributed by atoms with E-state index < -0.39 is 12.0 Å². The Morgan fingerprint density at radius 3 is 2.70 bits per heavy atom. The SMILES string of the molecule is COc1cc(O)c(C=NC(C)(C)C)c(OCC(=O)Nc2cc([C@H]3CC[C@@H](OC(=O)NC(C)C)C3)[nH]n2)c1. The average molecular weight is 516 g/mol. The van der Waals surface area contributed by atoms with Crippen LogP contribution in [0.3, 0.4) is 0 Å². The van der Waals surface area contributed by atoms with Crippen LogP contribution >= 0.6 is 0 Å². The van der Waals surface area contributed by atoms with E-state index >= 15 is 0 Å². The van der Waals surface area contributed by atoms with Crippen LogP contribution in [0.25, 0.3) is 0 Å². The molecule has 1 aliphatic rings. The number of amides is 2. The van der Waals surface area contributed by atoms with E-state index in [-0.39, 0.29) is 41.7 Å². The van der Waals surface area contributed by atoms with Crippen molar-refractivity contribution in [2.24, 2.45) is 4.99 Å². The molecular formula is C26H37N5O6. The van der Waals surface area contributed by atoms with E-state index in [2.05, 4.69) is 25.8 Å². The number of aromatic amines is 1. The molecular weight excluding hydrogens is 478 g/mol. The minimum absolute atomic E-state index is 0.0188. The molecule has 2 aromatic rings. The molecule has 0 radical (unpaired) electrons. The number of hydrogen-bond acceptors (Lipinski definition) is 8.